The Morgan fingerprint density at radius 1 is 1.05 bits per heavy atom. The van der Waals surface area contributed by atoms with E-state index >= 15 is 0 Å². The molecule has 2 N–H and O–H groups in total. The molecule has 0 aliphatic heterocycles. The summed E-state index contributed by atoms with van der Waals surface area (Å²) in [4.78, 5) is 1.06. The topological polar surface area (TPSA) is 35.2 Å². The fourth-order valence-corrected chi connectivity index (χ4v) is 3.36. The van der Waals surface area contributed by atoms with Crippen LogP contribution in [-0.2, 0) is 0 Å². The van der Waals surface area contributed by atoms with Gasteiger partial charge in [-0.1, -0.05) is 42.3 Å². The van der Waals surface area contributed by atoms with Crippen LogP contribution in [0, 0.1) is 0 Å². The predicted octanol–water partition coefficient (Wildman–Crippen LogP) is 5.18. The first-order valence-electron chi connectivity index (χ1n) is 6.52. The van der Waals surface area contributed by atoms with Crippen molar-refractivity contribution >= 4 is 35.0 Å². The minimum Gasteiger partial charge on any atom is -0.497 e. The van der Waals surface area contributed by atoms with Gasteiger partial charge in [0.1, 0.15) is 5.75 Å². The first kappa shape index (κ1) is 16.5. The highest BCUT2D eigenvalue weighted by Crippen LogP contribution is 2.34. The fraction of sp³-hybridized carbons (Fsp3) is 0.250. The number of methoxy groups -OCH3 is 1. The molecule has 21 heavy (non-hydrogen) atoms. The van der Waals surface area contributed by atoms with Crippen molar-refractivity contribution < 1.29 is 4.74 Å². The zero-order chi connectivity index (χ0) is 15.4. The second-order valence-corrected chi connectivity index (χ2v) is 6.96. The van der Waals surface area contributed by atoms with Crippen molar-refractivity contribution in [2.75, 3.05) is 7.11 Å². The van der Waals surface area contributed by atoms with Gasteiger partial charge in [0, 0.05) is 16.2 Å². The molecule has 0 spiro atoms. The summed E-state index contributed by atoms with van der Waals surface area (Å²) in [6, 6.07) is 13.4. The molecule has 0 radical (unpaired) electrons. The Morgan fingerprint density at radius 3 is 2.29 bits per heavy atom. The first-order valence-corrected chi connectivity index (χ1v) is 8.16. The van der Waals surface area contributed by atoms with Crippen LogP contribution in [0.1, 0.15) is 18.5 Å². The van der Waals surface area contributed by atoms with Crippen LogP contribution in [0.4, 0.5) is 0 Å². The van der Waals surface area contributed by atoms with Crippen molar-refractivity contribution in [3.8, 4) is 5.75 Å². The van der Waals surface area contributed by atoms with Crippen molar-refractivity contribution in [1.82, 2.24) is 0 Å². The molecule has 0 aliphatic rings. The lowest BCUT2D eigenvalue weighted by Gasteiger charge is -2.20. The van der Waals surface area contributed by atoms with Gasteiger partial charge in [-0.25, -0.2) is 0 Å². The third-order valence-corrected chi connectivity index (χ3v) is 5.15. The van der Waals surface area contributed by atoms with Crippen molar-refractivity contribution in [2.24, 2.45) is 5.73 Å². The molecular weight excluding hydrogens is 325 g/mol. The van der Waals surface area contributed by atoms with E-state index in [0.29, 0.717) is 10.0 Å². The summed E-state index contributed by atoms with van der Waals surface area (Å²) in [5.74, 6) is 0.829. The van der Waals surface area contributed by atoms with E-state index < -0.39 is 0 Å². The fourth-order valence-electron chi connectivity index (χ4n) is 1.94. The molecule has 0 saturated heterocycles. The number of rotatable bonds is 5. The molecule has 0 bridgehead atoms. The van der Waals surface area contributed by atoms with E-state index in [2.05, 4.69) is 6.92 Å². The number of hydrogen-bond donors (Lipinski definition) is 1. The average Bonchev–Trinajstić information content (AvgIpc) is 2.50. The Kier molecular flexibility index (Phi) is 5.82. The van der Waals surface area contributed by atoms with Gasteiger partial charge in [0.2, 0.25) is 0 Å². The maximum Gasteiger partial charge on any atom is 0.118 e. The molecule has 2 unspecified atom stereocenters. The van der Waals surface area contributed by atoms with Crippen LogP contribution in [0.2, 0.25) is 10.0 Å². The summed E-state index contributed by atoms with van der Waals surface area (Å²) in [5.41, 5.74) is 7.40. The van der Waals surface area contributed by atoms with E-state index in [0.717, 1.165) is 16.2 Å². The third kappa shape index (κ3) is 4.30. The Hall–Kier alpha value is -0.870. The van der Waals surface area contributed by atoms with Gasteiger partial charge in [-0.15, -0.1) is 11.8 Å². The monoisotopic (exact) mass is 341 g/mol. The van der Waals surface area contributed by atoms with Crippen LogP contribution >= 0.6 is 35.0 Å². The molecule has 2 rings (SSSR count). The average molecular weight is 342 g/mol. The number of benzene rings is 2. The smallest absolute Gasteiger partial charge is 0.118 e. The minimum atomic E-state index is -0.0737. The van der Waals surface area contributed by atoms with Crippen LogP contribution in [0.3, 0.4) is 0 Å². The second-order valence-electron chi connectivity index (χ2n) is 4.70. The second kappa shape index (κ2) is 7.41. The van der Waals surface area contributed by atoms with E-state index in [1.165, 1.54) is 0 Å². The van der Waals surface area contributed by atoms with Gasteiger partial charge in [0.05, 0.1) is 17.2 Å². The van der Waals surface area contributed by atoms with Crippen LogP contribution in [0.15, 0.2) is 47.4 Å². The quantitative estimate of drug-likeness (QED) is 0.760. The SMILES string of the molecule is COc1ccc(C(N)C(C)Sc2ccc(Cl)c(Cl)c2)cc1. The van der Waals surface area contributed by atoms with E-state index in [-0.39, 0.29) is 11.3 Å². The van der Waals surface area contributed by atoms with E-state index in [1.807, 2.05) is 36.4 Å². The summed E-state index contributed by atoms with van der Waals surface area (Å²) in [6.45, 7) is 2.10. The highest BCUT2D eigenvalue weighted by molar-refractivity contribution is 8.00. The molecule has 5 heteroatoms. The predicted molar refractivity (Wildman–Crippen MR) is 91.7 cm³/mol. The van der Waals surface area contributed by atoms with Crippen LogP contribution in [0.5, 0.6) is 5.75 Å². The summed E-state index contributed by atoms with van der Waals surface area (Å²) in [5, 5.41) is 1.33. The van der Waals surface area contributed by atoms with Crippen molar-refractivity contribution in [3.63, 3.8) is 0 Å². The maximum absolute atomic E-state index is 6.33. The largest absolute Gasteiger partial charge is 0.497 e. The molecule has 2 aromatic carbocycles. The van der Waals surface area contributed by atoms with E-state index in [1.54, 1.807) is 24.9 Å². The van der Waals surface area contributed by atoms with Gasteiger partial charge in [0.15, 0.2) is 0 Å². The standard InChI is InChI=1S/C16H17Cl2NOS/c1-10(21-13-7-8-14(17)15(18)9-13)16(19)11-3-5-12(20-2)6-4-11/h3-10,16H,19H2,1-2H3. The third-order valence-electron chi connectivity index (χ3n) is 3.22. The Bertz CT molecular complexity index is 604. The van der Waals surface area contributed by atoms with E-state index in [9.17, 15) is 0 Å². The zero-order valence-electron chi connectivity index (χ0n) is 11.8. The normalized spacial score (nSPS) is 13.8. The molecule has 2 nitrogen and oxygen atoms in total. The molecule has 0 aliphatic carbocycles. The lowest BCUT2D eigenvalue weighted by atomic mass is 10.1. The van der Waals surface area contributed by atoms with E-state index in [4.69, 9.17) is 33.7 Å². The lowest BCUT2D eigenvalue weighted by molar-refractivity contribution is 0.414. The molecular formula is C16H17Cl2NOS. The van der Waals surface area contributed by atoms with Gasteiger partial charge in [-0.05, 0) is 35.9 Å². The van der Waals surface area contributed by atoms with Crippen LogP contribution in [0.25, 0.3) is 0 Å². The van der Waals surface area contributed by atoms with Gasteiger partial charge in [-0.3, -0.25) is 0 Å². The highest BCUT2D eigenvalue weighted by Gasteiger charge is 2.16. The molecule has 0 fully saturated rings. The summed E-state index contributed by atoms with van der Waals surface area (Å²) in [6.07, 6.45) is 0. The number of nitrogens with two attached hydrogens (primary N) is 1. The summed E-state index contributed by atoms with van der Waals surface area (Å²) >= 11 is 13.6. The first-order chi connectivity index (χ1) is 10.0. The molecule has 112 valence electrons. The Labute approximate surface area is 139 Å². The number of ether oxygens (including phenoxy) is 1. The van der Waals surface area contributed by atoms with Gasteiger partial charge < -0.3 is 10.5 Å². The number of halogens is 2. The summed E-state index contributed by atoms with van der Waals surface area (Å²) < 4.78 is 5.16. The van der Waals surface area contributed by atoms with Crippen molar-refractivity contribution in [2.45, 2.75) is 23.1 Å². The van der Waals surface area contributed by atoms with Crippen LogP contribution < -0.4 is 10.5 Å². The molecule has 0 saturated carbocycles. The molecule has 0 aromatic heterocycles. The lowest BCUT2D eigenvalue weighted by Crippen LogP contribution is -2.20. The Balaban J connectivity index is 2.07. The number of thioether (sulfide) groups is 1. The zero-order valence-corrected chi connectivity index (χ0v) is 14.2. The van der Waals surface area contributed by atoms with Gasteiger partial charge in [-0.2, -0.15) is 0 Å². The van der Waals surface area contributed by atoms with Gasteiger partial charge in [0.25, 0.3) is 0 Å². The molecule has 2 atom stereocenters. The highest BCUT2D eigenvalue weighted by atomic mass is 35.5. The van der Waals surface area contributed by atoms with Crippen molar-refractivity contribution in [1.29, 1.82) is 0 Å². The molecule has 2 aromatic rings. The molecule has 0 heterocycles. The minimum absolute atomic E-state index is 0.0737. The van der Waals surface area contributed by atoms with Crippen molar-refractivity contribution in [3.05, 3.63) is 58.1 Å². The number of hydrogen-bond acceptors (Lipinski definition) is 3. The van der Waals surface area contributed by atoms with Crippen LogP contribution in [-0.4, -0.2) is 12.4 Å². The maximum atomic E-state index is 6.33. The molecule has 0 amide bonds. The summed E-state index contributed by atoms with van der Waals surface area (Å²) in [7, 11) is 1.65. The van der Waals surface area contributed by atoms with Gasteiger partial charge >= 0.3 is 0 Å². The Morgan fingerprint density at radius 2 is 1.71 bits per heavy atom.